The van der Waals surface area contributed by atoms with E-state index in [0.717, 1.165) is 18.7 Å². The minimum absolute atomic E-state index is 0.0256. The Morgan fingerprint density at radius 1 is 1.32 bits per heavy atom. The third-order valence-corrected chi connectivity index (χ3v) is 2.98. The van der Waals surface area contributed by atoms with Crippen LogP contribution in [-0.2, 0) is 11.3 Å². The van der Waals surface area contributed by atoms with Crippen LogP contribution in [0.3, 0.4) is 0 Å². The Kier molecular flexibility index (Phi) is 7.55. The Bertz CT molecular complexity index is 377. The van der Waals surface area contributed by atoms with Gasteiger partial charge in [-0.1, -0.05) is 0 Å². The Balaban J connectivity index is 2.45. The van der Waals surface area contributed by atoms with Gasteiger partial charge in [0.2, 0.25) is 0 Å². The number of rotatable bonds is 9. The fraction of sp³-hybridized carbons (Fsp3) is 0.615. The zero-order valence-corrected chi connectivity index (χ0v) is 12.4. The van der Waals surface area contributed by atoms with E-state index in [2.05, 4.69) is 10.3 Å². The van der Waals surface area contributed by atoms with Crippen LogP contribution in [0.1, 0.15) is 12.1 Å². The molecule has 1 aromatic rings. The maximum atomic E-state index is 6.04. The first-order chi connectivity index (χ1) is 9.22. The monoisotopic (exact) mass is 288 g/mol. The highest BCUT2D eigenvalue weighted by Crippen LogP contribution is 2.28. The molecule has 1 rings (SSSR count). The van der Waals surface area contributed by atoms with Crippen LogP contribution in [0.5, 0.6) is 11.5 Å². The van der Waals surface area contributed by atoms with Crippen molar-refractivity contribution in [3.63, 3.8) is 0 Å². The molecule has 1 atom stereocenters. The van der Waals surface area contributed by atoms with Crippen LogP contribution < -0.4 is 14.8 Å². The standard InChI is InChI=1S/C13H21ClN2O3/c1-17-9-10(14)4-6-15-8-11-13(19-3)12(18-2)5-7-16-11/h5,7,10,15H,4,6,8-9H2,1-3H3. The largest absolute Gasteiger partial charge is 0.493 e. The highest BCUT2D eigenvalue weighted by molar-refractivity contribution is 6.20. The molecule has 0 aromatic carbocycles. The first-order valence-electron chi connectivity index (χ1n) is 6.12. The molecule has 0 fully saturated rings. The summed E-state index contributed by atoms with van der Waals surface area (Å²) in [7, 11) is 4.86. The molecule has 1 N–H and O–H groups in total. The van der Waals surface area contributed by atoms with Crippen molar-refractivity contribution >= 4 is 11.6 Å². The van der Waals surface area contributed by atoms with Crippen LogP contribution in [0.15, 0.2) is 12.3 Å². The Hall–Kier alpha value is -1.04. The minimum atomic E-state index is 0.0256. The Labute approximate surface area is 119 Å². The van der Waals surface area contributed by atoms with Crippen molar-refractivity contribution in [3.05, 3.63) is 18.0 Å². The average molecular weight is 289 g/mol. The zero-order chi connectivity index (χ0) is 14.1. The molecule has 0 aliphatic heterocycles. The maximum Gasteiger partial charge on any atom is 0.183 e. The number of aromatic nitrogens is 1. The fourth-order valence-corrected chi connectivity index (χ4v) is 1.94. The minimum Gasteiger partial charge on any atom is -0.493 e. The second-order valence-corrected chi connectivity index (χ2v) is 4.63. The molecule has 0 bridgehead atoms. The number of nitrogens with one attached hydrogen (secondary N) is 1. The summed E-state index contributed by atoms with van der Waals surface area (Å²) in [6.45, 7) is 1.96. The van der Waals surface area contributed by atoms with Crippen LogP contribution in [0.4, 0.5) is 0 Å². The third-order valence-electron chi connectivity index (χ3n) is 2.64. The zero-order valence-electron chi connectivity index (χ0n) is 11.6. The number of hydrogen-bond acceptors (Lipinski definition) is 5. The maximum absolute atomic E-state index is 6.04. The van der Waals surface area contributed by atoms with E-state index in [4.69, 9.17) is 25.8 Å². The van der Waals surface area contributed by atoms with Gasteiger partial charge >= 0.3 is 0 Å². The van der Waals surface area contributed by atoms with Crippen LogP contribution in [-0.4, -0.2) is 44.8 Å². The fourth-order valence-electron chi connectivity index (χ4n) is 1.71. The smallest absolute Gasteiger partial charge is 0.183 e. The second-order valence-electron chi connectivity index (χ2n) is 4.01. The predicted octanol–water partition coefficient (Wildman–Crippen LogP) is 1.83. The van der Waals surface area contributed by atoms with Gasteiger partial charge in [0.25, 0.3) is 0 Å². The van der Waals surface area contributed by atoms with Crippen molar-refractivity contribution < 1.29 is 14.2 Å². The summed E-state index contributed by atoms with van der Waals surface area (Å²) in [6.07, 6.45) is 2.54. The van der Waals surface area contributed by atoms with Crippen LogP contribution >= 0.6 is 11.6 Å². The summed E-state index contributed by atoms with van der Waals surface area (Å²) in [5.74, 6) is 1.35. The number of methoxy groups -OCH3 is 3. The molecule has 6 heteroatoms. The summed E-state index contributed by atoms with van der Waals surface area (Å²) in [4.78, 5) is 4.29. The molecule has 0 aliphatic carbocycles. The van der Waals surface area contributed by atoms with Crippen molar-refractivity contribution in [2.45, 2.75) is 18.3 Å². The van der Waals surface area contributed by atoms with Crippen molar-refractivity contribution in [3.8, 4) is 11.5 Å². The number of ether oxygens (including phenoxy) is 3. The topological polar surface area (TPSA) is 52.6 Å². The molecule has 0 saturated carbocycles. The highest BCUT2D eigenvalue weighted by Gasteiger charge is 2.10. The summed E-state index contributed by atoms with van der Waals surface area (Å²) in [5.41, 5.74) is 0.819. The van der Waals surface area contributed by atoms with Gasteiger partial charge in [-0.05, 0) is 13.0 Å². The predicted molar refractivity (Wildman–Crippen MR) is 75.2 cm³/mol. The van der Waals surface area contributed by atoms with Gasteiger partial charge in [-0.3, -0.25) is 4.98 Å². The number of nitrogens with zero attached hydrogens (tertiary/aromatic N) is 1. The molecular formula is C13H21ClN2O3. The van der Waals surface area contributed by atoms with Crippen molar-refractivity contribution in [2.75, 3.05) is 34.5 Å². The molecule has 1 aromatic heterocycles. The van der Waals surface area contributed by atoms with E-state index in [1.807, 2.05) is 0 Å². The lowest BCUT2D eigenvalue weighted by Gasteiger charge is -2.13. The van der Waals surface area contributed by atoms with Crippen molar-refractivity contribution in [1.29, 1.82) is 0 Å². The molecular weight excluding hydrogens is 268 g/mol. The summed E-state index contributed by atoms with van der Waals surface area (Å²) in [6, 6.07) is 1.77. The Morgan fingerprint density at radius 3 is 2.74 bits per heavy atom. The third kappa shape index (κ3) is 5.22. The first-order valence-corrected chi connectivity index (χ1v) is 6.56. The lowest BCUT2D eigenvalue weighted by molar-refractivity contribution is 0.195. The molecule has 0 aliphatic rings. The van der Waals surface area contributed by atoms with Gasteiger partial charge in [-0.15, -0.1) is 11.6 Å². The Morgan fingerprint density at radius 2 is 2.11 bits per heavy atom. The van der Waals surface area contributed by atoms with Crippen molar-refractivity contribution in [1.82, 2.24) is 10.3 Å². The average Bonchev–Trinajstić information content (AvgIpc) is 2.43. The molecule has 0 amide bonds. The van der Waals surface area contributed by atoms with E-state index in [-0.39, 0.29) is 5.38 Å². The number of hydrogen-bond donors (Lipinski definition) is 1. The molecule has 108 valence electrons. The van der Waals surface area contributed by atoms with E-state index in [1.54, 1.807) is 33.6 Å². The van der Waals surface area contributed by atoms with E-state index in [1.165, 1.54) is 0 Å². The van der Waals surface area contributed by atoms with Gasteiger partial charge in [0.15, 0.2) is 11.5 Å². The number of alkyl halides is 1. The van der Waals surface area contributed by atoms with Crippen LogP contribution in [0, 0.1) is 0 Å². The van der Waals surface area contributed by atoms with E-state index in [9.17, 15) is 0 Å². The molecule has 0 radical (unpaired) electrons. The van der Waals surface area contributed by atoms with E-state index >= 15 is 0 Å². The van der Waals surface area contributed by atoms with E-state index < -0.39 is 0 Å². The summed E-state index contributed by atoms with van der Waals surface area (Å²) < 4.78 is 15.5. The van der Waals surface area contributed by atoms with E-state index in [0.29, 0.717) is 24.7 Å². The number of pyridine rings is 1. The summed E-state index contributed by atoms with van der Waals surface area (Å²) >= 11 is 6.04. The van der Waals surface area contributed by atoms with Gasteiger partial charge in [0.05, 0.1) is 31.9 Å². The quantitative estimate of drug-likeness (QED) is 0.555. The van der Waals surface area contributed by atoms with Gasteiger partial charge < -0.3 is 19.5 Å². The van der Waals surface area contributed by atoms with Gasteiger partial charge in [0, 0.05) is 25.9 Å². The van der Waals surface area contributed by atoms with Crippen LogP contribution in [0.2, 0.25) is 0 Å². The molecule has 19 heavy (non-hydrogen) atoms. The molecule has 0 saturated heterocycles. The van der Waals surface area contributed by atoms with Crippen LogP contribution in [0.25, 0.3) is 0 Å². The van der Waals surface area contributed by atoms with Gasteiger partial charge in [0.1, 0.15) is 0 Å². The molecule has 5 nitrogen and oxygen atoms in total. The molecule has 1 heterocycles. The van der Waals surface area contributed by atoms with Crippen molar-refractivity contribution in [2.24, 2.45) is 0 Å². The number of halogens is 1. The first kappa shape index (κ1) is 16.0. The lowest BCUT2D eigenvalue weighted by atomic mass is 10.2. The normalized spacial score (nSPS) is 12.2. The lowest BCUT2D eigenvalue weighted by Crippen LogP contribution is -2.21. The van der Waals surface area contributed by atoms with Gasteiger partial charge in [-0.25, -0.2) is 0 Å². The summed E-state index contributed by atoms with van der Waals surface area (Å²) in [5, 5.41) is 3.30. The molecule has 1 unspecified atom stereocenters. The SMILES string of the molecule is COCC(Cl)CCNCc1nccc(OC)c1OC. The highest BCUT2D eigenvalue weighted by atomic mass is 35.5. The van der Waals surface area contributed by atoms with Gasteiger partial charge in [-0.2, -0.15) is 0 Å². The molecule has 0 spiro atoms. The second kappa shape index (κ2) is 8.96.